The summed E-state index contributed by atoms with van der Waals surface area (Å²) in [6.07, 6.45) is 7.66. The number of hydrogen-bond donors (Lipinski definition) is 0. The van der Waals surface area contributed by atoms with Gasteiger partial charge in [0.1, 0.15) is 12.4 Å². The lowest BCUT2D eigenvalue weighted by Gasteiger charge is -2.10. The molecule has 10 heteroatoms. The summed E-state index contributed by atoms with van der Waals surface area (Å²) in [5, 5.41) is 0.669. The van der Waals surface area contributed by atoms with E-state index in [2.05, 4.69) is 9.97 Å². The molecular weight excluding hydrogens is 460 g/mol. The van der Waals surface area contributed by atoms with E-state index in [4.69, 9.17) is 9.47 Å². The number of benzene rings is 1. The van der Waals surface area contributed by atoms with Crippen molar-refractivity contribution in [1.82, 2.24) is 18.9 Å². The van der Waals surface area contributed by atoms with Gasteiger partial charge in [-0.1, -0.05) is 17.8 Å². The Morgan fingerprint density at radius 2 is 2.12 bits per heavy atom. The third-order valence-corrected chi connectivity index (χ3v) is 7.54. The van der Waals surface area contributed by atoms with Gasteiger partial charge in [-0.25, -0.2) is 9.97 Å². The first-order chi connectivity index (χ1) is 16.1. The van der Waals surface area contributed by atoms with Crippen molar-refractivity contribution >= 4 is 34.0 Å². The number of fused-ring (bicyclic) bond motifs is 3. The van der Waals surface area contributed by atoms with Crippen molar-refractivity contribution in [3.8, 4) is 11.4 Å². The van der Waals surface area contributed by atoms with Crippen molar-refractivity contribution in [2.24, 2.45) is 0 Å². The highest BCUT2D eigenvalue weighted by Crippen LogP contribution is 2.28. The predicted molar refractivity (Wildman–Crippen MR) is 127 cm³/mol. The van der Waals surface area contributed by atoms with Crippen LogP contribution in [0, 0.1) is 0 Å². The Morgan fingerprint density at radius 1 is 1.24 bits per heavy atom. The van der Waals surface area contributed by atoms with Crippen LogP contribution >= 0.6 is 23.1 Å². The Morgan fingerprint density at radius 3 is 3.00 bits per heavy atom. The zero-order valence-corrected chi connectivity index (χ0v) is 19.7. The average molecular weight is 483 g/mol. The number of thiazole rings is 1. The van der Waals surface area contributed by atoms with Gasteiger partial charge in [0.15, 0.2) is 10.1 Å². The normalized spacial score (nSPS) is 13.1. The minimum absolute atomic E-state index is 0.0297. The quantitative estimate of drug-likeness (QED) is 0.293. The Kier molecular flexibility index (Phi) is 6.19. The van der Waals surface area contributed by atoms with Gasteiger partial charge < -0.3 is 9.47 Å². The molecule has 0 saturated heterocycles. The van der Waals surface area contributed by atoms with E-state index in [1.165, 1.54) is 22.7 Å². The molecule has 1 aromatic carbocycles. The number of ether oxygens (including phenoxy) is 2. The summed E-state index contributed by atoms with van der Waals surface area (Å²) in [5.41, 5.74) is 2.33. The van der Waals surface area contributed by atoms with Crippen LogP contribution in [-0.4, -0.2) is 37.8 Å². The van der Waals surface area contributed by atoms with Crippen LogP contribution in [0.3, 0.4) is 0 Å². The highest BCUT2D eigenvalue weighted by molar-refractivity contribution is 7.99. The molecule has 0 unspecified atom stereocenters. The SMILES string of the molecule is COc1cccc(-n2ccnc2SCC(=O)OCc2cc(=O)n3c4c(sc3n2)CCCC4)c1. The molecule has 0 amide bonds. The van der Waals surface area contributed by atoms with E-state index in [0.29, 0.717) is 15.8 Å². The first kappa shape index (κ1) is 21.7. The molecule has 0 radical (unpaired) electrons. The minimum Gasteiger partial charge on any atom is -0.497 e. The third kappa shape index (κ3) is 4.53. The van der Waals surface area contributed by atoms with Crippen molar-refractivity contribution in [1.29, 1.82) is 0 Å². The van der Waals surface area contributed by atoms with E-state index in [9.17, 15) is 9.59 Å². The molecule has 4 aromatic rings. The molecule has 3 aromatic heterocycles. The smallest absolute Gasteiger partial charge is 0.316 e. The number of esters is 1. The van der Waals surface area contributed by atoms with Gasteiger partial charge in [0.2, 0.25) is 0 Å². The lowest BCUT2D eigenvalue weighted by molar-refractivity contribution is -0.141. The summed E-state index contributed by atoms with van der Waals surface area (Å²) in [6.45, 7) is -0.0297. The maximum absolute atomic E-state index is 12.6. The lowest BCUT2D eigenvalue weighted by atomic mass is 10.0. The summed E-state index contributed by atoms with van der Waals surface area (Å²) in [7, 11) is 1.62. The Bertz CT molecular complexity index is 1370. The number of rotatable bonds is 7. The molecule has 1 aliphatic carbocycles. The van der Waals surface area contributed by atoms with Gasteiger partial charge in [-0.15, -0.1) is 11.3 Å². The molecule has 0 N–H and O–H groups in total. The van der Waals surface area contributed by atoms with Crippen molar-refractivity contribution in [2.45, 2.75) is 37.4 Å². The second-order valence-electron chi connectivity index (χ2n) is 7.61. The summed E-state index contributed by atoms with van der Waals surface area (Å²) in [5.74, 6) is 0.436. The van der Waals surface area contributed by atoms with Crippen LogP contribution in [0.1, 0.15) is 29.1 Å². The van der Waals surface area contributed by atoms with E-state index in [-0.39, 0.29) is 17.9 Å². The first-order valence-electron chi connectivity index (χ1n) is 10.6. The third-order valence-electron chi connectivity index (χ3n) is 5.45. The van der Waals surface area contributed by atoms with E-state index in [1.807, 2.05) is 35.0 Å². The van der Waals surface area contributed by atoms with Crippen molar-refractivity contribution in [3.05, 3.63) is 69.3 Å². The van der Waals surface area contributed by atoms with Crippen LogP contribution < -0.4 is 10.3 Å². The summed E-state index contributed by atoms with van der Waals surface area (Å²) >= 11 is 2.84. The van der Waals surface area contributed by atoms with Gasteiger partial charge >= 0.3 is 5.97 Å². The van der Waals surface area contributed by atoms with E-state index in [1.54, 1.807) is 29.0 Å². The monoisotopic (exact) mass is 482 g/mol. The van der Waals surface area contributed by atoms with Crippen LogP contribution in [-0.2, 0) is 29.0 Å². The van der Waals surface area contributed by atoms with Crippen molar-refractivity contribution < 1.29 is 14.3 Å². The fraction of sp³-hybridized carbons (Fsp3) is 0.304. The van der Waals surface area contributed by atoms with E-state index in [0.717, 1.165) is 42.8 Å². The second-order valence-corrected chi connectivity index (χ2v) is 9.62. The number of aryl methyl sites for hydroxylation is 2. The molecule has 170 valence electrons. The zero-order chi connectivity index (χ0) is 22.8. The van der Waals surface area contributed by atoms with Crippen molar-refractivity contribution in [2.75, 3.05) is 12.9 Å². The molecular formula is C23H22N4O4S2. The number of methoxy groups -OCH3 is 1. The predicted octanol–water partition coefficient (Wildman–Crippen LogP) is 3.66. The number of carbonyl (C=O) groups excluding carboxylic acids is 1. The van der Waals surface area contributed by atoms with Gasteiger partial charge in [0.25, 0.3) is 5.56 Å². The number of thioether (sulfide) groups is 1. The molecule has 0 spiro atoms. The highest BCUT2D eigenvalue weighted by Gasteiger charge is 2.19. The number of aromatic nitrogens is 4. The minimum atomic E-state index is -0.396. The summed E-state index contributed by atoms with van der Waals surface area (Å²) < 4.78 is 14.3. The average Bonchev–Trinajstić information content (AvgIpc) is 3.46. The maximum Gasteiger partial charge on any atom is 0.316 e. The molecule has 8 nitrogen and oxygen atoms in total. The molecule has 0 aliphatic heterocycles. The number of imidazole rings is 1. The number of nitrogens with zero attached hydrogens (tertiary/aromatic N) is 4. The Labute approximate surface area is 198 Å². The van der Waals surface area contributed by atoms with Gasteiger partial charge in [0.05, 0.1) is 24.2 Å². The van der Waals surface area contributed by atoms with Gasteiger partial charge in [-0.2, -0.15) is 0 Å². The van der Waals surface area contributed by atoms with Crippen LogP contribution in [0.15, 0.2) is 52.7 Å². The Balaban J connectivity index is 1.23. The topological polar surface area (TPSA) is 87.7 Å². The number of hydrogen-bond acceptors (Lipinski definition) is 8. The molecule has 3 heterocycles. The van der Waals surface area contributed by atoms with Gasteiger partial charge in [-0.3, -0.25) is 18.6 Å². The van der Waals surface area contributed by atoms with Crippen LogP contribution in [0.2, 0.25) is 0 Å². The zero-order valence-electron chi connectivity index (χ0n) is 18.0. The van der Waals surface area contributed by atoms with Crippen molar-refractivity contribution in [3.63, 3.8) is 0 Å². The fourth-order valence-electron chi connectivity index (χ4n) is 3.89. The molecule has 0 fully saturated rings. The van der Waals surface area contributed by atoms with E-state index < -0.39 is 5.97 Å². The first-order valence-corrected chi connectivity index (χ1v) is 12.4. The van der Waals surface area contributed by atoms with Crippen LogP contribution in [0.5, 0.6) is 5.75 Å². The van der Waals surface area contributed by atoms with Crippen LogP contribution in [0.25, 0.3) is 10.6 Å². The molecule has 5 rings (SSSR count). The molecule has 0 atom stereocenters. The molecule has 0 saturated carbocycles. The summed E-state index contributed by atoms with van der Waals surface area (Å²) in [6, 6.07) is 9.06. The fourth-order valence-corrected chi connectivity index (χ4v) is 5.89. The summed E-state index contributed by atoms with van der Waals surface area (Å²) in [4.78, 5) is 35.8. The standard InChI is InChI=1S/C23H22N4O4S2/c1-30-17-6-4-5-16(12-17)26-10-9-24-22(26)32-14-21(29)31-13-15-11-20(28)27-18-7-2-3-8-19(18)33-23(27)25-15/h4-6,9-12H,2-3,7-8,13-14H2,1H3. The van der Waals surface area contributed by atoms with E-state index >= 15 is 0 Å². The molecule has 1 aliphatic rings. The van der Waals surface area contributed by atoms with Crippen LogP contribution in [0.4, 0.5) is 0 Å². The molecule has 33 heavy (non-hydrogen) atoms. The second kappa shape index (κ2) is 9.40. The highest BCUT2D eigenvalue weighted by atomic mass is 32.2. The van der Waals surface area contributed by atoms with Gasteiger partial charge in [-0.05, 0) is 37.8 Å². The molecule has 0 bridgehead atoms. The Hall–Kier alpha value is -3.11. The maximum atomic E-state index is 12.6. The largest absolute Gasteiger partial charge is 0.497 e. The van der Waals surface area contributed by atoms with Gasteiger partial charge in [0, 0.05) is 35.1 Å². The number of carbonyl (C=O) groups is 1. The lowest BCUT2D eigenvalue weighted by Crippen LogP contribution is -2.19.